The number of nitrogens with two attached hydrogens (primary N) is 1. The zero-order valence-corrected chi connectivity index (χ0v) is 14.4. The number of nitrogens with one attached hydrogen (secondary N) is 1. The van der Waals surface area contributed by atoms with Gasteiger partial charge in [-0.15, -0.1) is 0 Å². The van der Waals surface area contributed by atoms with E-state index >= 15 is 0 Å². The number of aliphatic hydroxyl groups is 1. The van der Waals surface area contributed by atoms with Crippen molar-refractivity contribution in [3.8, 4) is 0 Å². The van der Waals surface area contributed by atoms with Crippen molar-refractivity contribution in [2.24, 2.45) is 5.73 Å². The summed E-state index contributed by atoms with van der Waals surface area (Å²) in [4.78, 5) is 11.7. The van der Waals surface area contributed by atoms with Gasteiger partial charge in [0.1, 0.15) is 5.60 Å². The number of hydrogen-bond acceptors (Lipinski definition) is 2. The summed E-state index contributed by atoms with van der Waals surface area (Å²) < 4.78 is 0. The molecule has 3 aromatic rings. The zero-order valence-electron chi connectivity index (χ0n) is 14.4. The number of carbonyl (C=O) groups is 1. The molecular weight excluding hydrogens is 324 g/mol. The van der Waals surface area contributed by atoms with E-state index in [4.69, 9.17) is 5.73 Å². The molecule has 3 aromatic carbocycles. The van der Waals surface area contributed by atoms with Gasteiger partial charge < -0.3 is 16.2 Å². The maximum Gasteiger partial charge on any atom is 0.312 e. The molecule has 4 heteroatoms. The van der Waals surface area contributed by atoms with Gasteiger partial charge in [0.15, 0.2) is 0 Å². The van der Waals surface area contributed by atoms with Crippen LogP contribution in [0.2, 0.25) is 0 Å². The first kappa shape index (κ1) is 17.7. The summed E-state index contributed by atoms with van der Waals surface area (Å²) in [5.74, 6) is 0. The van der Waals surface area contributed by atoms with Crippen molar-refractivity contribution < 1.29 is 9.90 Å². The second kappa shape index (κ2) is 7.85. The summed E-state index contributed by atoms with van der Waals surface area (Å²) in [6, 6.07) is 27.1. The molecule has 0 spiro atoms. The first-order valence-electron chi connectivity index (χ1n) is 8.54. The van der Waals surface area contributed by atoms with Crippen LogP contribution in [-0.4, -0.2) is 17.2 Å². The second-order valence-electron chi connectivity index (χ2n) is 6.25. The molecular formula is C22H22N2O2. The van der Waals surface area contributed by atoms with Gasteiger partial charge in [-0.1, -0.05) is 91.0 Å². The van der Waals surface area contributed by atoms with Crippen LogP contribution < -0.4 is 11.1 Å². The lowest BCUT2D eigenvalue weighted by Crippen LogP contribution is -2.54. The smallest absolute Gasteiger partial charge is 0.312 e. The van der Waals surface area contributed by atoms with E-state index in [1.54, 1.807) is 0 Å². The number of urea groups is 1. The third-order valence-corrected chi connectivity index (χ3v) is 4.53. The van der Waals surface area contributed by atoms with Crippen molar-refractivity contribution in [3.63, 3.8) is 0 Å². The number of benzene rings is 3. The van der Waals surface area contributed by atoms with Gasteiger partial charge in [0.25, 0.3) is 0 Å². The van der Waals surface area contributed by atoms with Gasteiger partial charge in [0.2, 0.25) is 0 Å². The average Bonchev–Trinajstić information content (AvgIpc) is 2.69. The summed E-state index contributed by atoms with van der Waals surface area (Å²) >= 11 is 0. The molecule has 0 aliphatic rings. The molecule has 2 amide bonds. The quantitative estimate of drug-likeness (QED) is 0.641. The van der Waals surface area contributed by atoms with E-state index in [0.29, 0.717) is 17.5 Å². The highest BCUT2D eigenvalue weighted by Gasteiger charge is 2.40. The number of rotatable bonds is 6. The van der Waals surface area contributed by atoms with Crippen LogP contribution >= 0.6 is 0 Å². The fourth-order valence-corrected chi connectivity index (χ4v) is 3.28. The Hall–Kier alpha value is -3.11. The van der Waals surface area contributed by atoms with Gasteiger partial charge in [-0.25, -0.2) is 4.79 Å². The van der Waals surface area contributed by atoms with Crippen molar-refractivity contribution in [1.82, 2.24) is 5.32 Å². The fourth-order valence-electron chi connectivity index (χ4n) is 3.28. The number of amides is 2. The molecule has 0 bridgehead atoms. The molecule has 0 fully saturated rings. The SMILES string of the molecule is NC(=O)NC(Cc1ccccc1)C(O)(c1ccccc1)c1ccccc1. The molecule has 0 aliphatic heterocycles. The predicted octanol–water partition coefficient (Wildman–Crippen LogP) is 3.20. The first-order valence-corrected chi connectivity index (χ1v) is 8.54. The number of hydrogen-bond donors (Lipinski definition) is 3. The summed E-state index contributed by atoms with van der Waals surface area (Å²) in [7, 11) is 0. The van der Waals surface area contributed by atoms with Crippen molar-refractivity contribution >= 4 is 6.03 Å². The van der Waals surface area contributed by atoms with E-state index in [1.807, 2.05) is 91.0 Å². The lowest BCUT2D eigenvalue weighted by molar-refractivity contribution is 0.0412. The Labute approximate surface area is 153 Å². The van der Waals surface area contributed by atoms with Gasteiger partial charge in [0.05, 0.1) is 6.04 Å². The molecule has 4 nitrogen and oxygen atoms in total. The van der Waals surface area contributed by atoms with E-state index in [2.05, 4.69) is 5.32 Å². The van der Waals surface area contributed by atoms with E-state index in [-0.39, 0.29) is 0 Å². The van der Waals surface area contributed by atoms with Gasteiger partial charge in [-0.05, 0) is 23.1 Å². The highest BCUT2D eigenvalue weighted by Crippen LogP contribution is 2.34. The lowest BCUT2D eigenvalue weighted by Gasteiger charge is -2.37. The highest BCUT2D eigenvalue weighted by atomic mass is 16.3. The number of primary amides is 1. The largest absolute Gasteiger partial charge is 0.378 e. The van der Waals surface area contributed by atoms with Crippen LogP contribution in [0.3, 0.4) is 0 Å². The van der Waals surface area contributed by atoms with Crippen molar-refractivity contribution in [3.05, 3.63) is 108 Å². The maximum absolute atomic E-state index is 11.9. The van der Waals surface area contributed by atoms with Crippen LogP contribution in [0.25, 0.3) is 0 Å². The van der Waals surface area contributed by atoms with E-state index < -0.39 is 17.7 Å². The standard InChI is InChI=1S/C22H22N2O2/c23-21(25)24-20(16-17-10-4-1-5-11-17)22(26,18-12-6-2-7-13-18)19-14-8-3-9-15-19/h1-15,20,26H,16H2,(H3,23,24,25). The normalized spacial score (nSPS) is 12.3. The third kappa shape index (κ3) is 3.76. The molecule has 0 heterocycles. The monoisotopic (exact) mass is 346 g/mol. The van der Waals surface area contributed by atoms with Crippen molar-refractivity contribution in [2.45, 2.75) is 18.1 Å². The van der Waals surface area contributed by atoms with Crippen LogP contribution in [0.1, 0.15) is 16.7 Å². The molecule has 3 rings (SSSR count). The Morgan fingerprint density at radius 3 is 1.69 bits per heavy atom. The average molecular weight is 346 g/mol. The van der Waals surface area contributed by atoms with Gasteiger partial charge >= 0.3 is 6.03 Å². The second-order valence-corrected chi connectivity index (χ2v) is 6.25. The van der Waals surface area contributed by atoms with Crippen molar-refractivity contribution in [1.29, 1.82) is 0 Å². The molecule has 132 valence electrons. The Morgan fingerprint density at radius 1 is 0.846 bits per heavy atom. The molecule has 0 aliphatic carbocycles. The minimum atomic E-state index is -1.42. The Kier molecular flexibility index (Phi) is 5.34. The zero-order chi connectivity index (χ0) is 18.4. The van der Waals surface area contributed by atoms with Crippen LogP contribution in [-0.2, 0) is 12.0 Å². The van der Waals surface area contributed by atoms with E-state index in [1.165, 1.54) is 0 Å². The minimum Gasteiger partial charge on any atom is -0.378 e. The maximum atomic E-state index is 11.9. The molecule has 0 saturated heterocycles. The predicted molar refractivity (Wildman–Crippen MR) is 103 cm³/mol. The highest BCUT2D eigenvalue weighted by molar-refractivity contribution is 5.72. The van der Waals surface area contributed by atoms with Crippen LogP contribution in [0.15, 0.2) is 91.0 Å². The molecule has 0 aromatic heterocycles. The van der Waals surface area contributed by atoms with Gasteiger partial charge in [0, 0.05) is 0 Å². The summed E-state index contributed by atoms with van der Waals surface area (Å²) in [5, 5.41) is 14.6. The Bertz CT molecular complexity index is 796. The van der Waals surface area contributed by atoms with Crippen LogP contribution in [0.4, 0.5) is 4.79 Å². The topological polar surface area (TPSA) is 75.4 Å². The van der Waals surface area contributed by atoms with E-state index in [9.17, 15) is 9.90 Å². The molecule has 0 saturated carbocycles. The Balaban J connectivity index is 2.11. The van der Waals surface area contributed by atoms with Crippen LogP contribution in [0.5, 0.6) is 0 Å². The van der Waals surface area contributed by atoms with Crippen LogP contribution in [0, 0.1) is 0 Å². The third-order valence-electron chi connectivity index (χ3n) is 4.53. The van der Waals surface area contributed by atoms with Crippen molar-refractivity contribution in [2.75, 3.05) is 0 Å². The van der Waals surface area contributed by atoms with Gasteiger partial charge in [-0.2, -0.15) is 0 Å². The molecule has 0 radical (unpaired) electrons. The summed E-state index contributed by atoms with van der Waals surface area (Å²) in [6.45, 7) is 0. The molecule has 1 unspecified atom stereocenters. The van der Waals surface area contributed by atoms with Gasteiger partial charge in [-0.3, -0.25) is 0 Å². The minimum absolute atomic E-state index is 0.435. The lowest BCUT2D eigenvalue weighted by atomic mass is 9.78. The molecule has 4 N–H and O–H groups in total. The molecule has 26 heavy (non-hydrogen) atoms. The summed E-state index contributed by atoms with van der Waals surface area (Å²) in [5.41, 5.74) is 6.40. The number of carbonyl (C=O) groups excluding carboxylic acids is 1. The molecule has 1 atom stereocenters. The Morgan fingerprint density at radius 2 is 1.27 bits per heavy atom. The fraction of sp³-hybridized carbons (Fsp3) is 0.136. The first-order chi connectivity index (χ1) is 12.6. The van der Waals surface area contributed by atoms with E-state index in [0.717, 1.165) is 5.56 Å². The summed E-state index contributed by atoms with van der Waals surface area (Å²) in [6.07, 6.45) is 0.435.